The van der Waals surface area contributed by atoms with E-state index in [1.807, 2.05) is 0 Å². The molecule has 0 fully saturated rings. The first-order valence-corrected chi connectivity index (χ1v) is 10.5. The summed E-state index contributed by atoms with van der Waals surface area (Å²) in [7, 11) is 0. The summed E-state index contributed by atoms with van der Waals surface area (Å²) in [4.78, 5) is 21.1. The molecule has 26 heavy (non-hydrogen) atoms. The monoisotopic (exact) mass is 427 g/mol. The van der Waals surface area contributed by atoms with Crippen LogP contribution >= 0.6 is 0 Å². The van der Waals surface area contributed by atoms with E-state index in [9.17, 15) is 18.4 Å². The van der Waals surface area contributed by atoms with Crippen molar-refractivity contribution in [3.05, 3.63) is 47.5 Å². The number of nitrogens with one attached hydrogen (secondary N) is 1. The number of carbonyl (C=O) groups excluding carboxylic acids is 1. The molecule has 0 bridgehead atoms. The molecule has 9 nitrogen and oxygen atoms in total. The van der Waals surface area contributed by atoms with E-state index in [1.54, 1.807) is 13.0 Å². The molecule has 0 saturated carbocycles. The molecule has 0 radical (unpaired) electrons. The van der Waals surface area contributed by atoms with Gasteiger partial charge in [-0.2, -0.15) is 0 Å². The summed E-state index contributed by atoms with van der Waals surface area (Å²) >= 11 is -5.15. The smallest absolute Gasteiger partial charge is 0.339 e. The number of rotatable bonds is 3. The van der Waals surface area contributed by atoms with Crippen LogP contribution in [-0.2, 0) is 8.53 Å². The molecule has 0 saturated heterocycles. The van der Waals surface area contributed by atoms with Crippen LogP contribution < -0.4 is 9.67 Å². The molecule has 0 aliphatic carbocycles. The molecule has 0 aliphatic heterocycles. The topological polar surface area (TPSA) is 164 Å². The maximum Gasteiger partial charge on any atom is 0.339 e. The number of hydrogen-bond acceptors (Lipinski definition) is 5. The summed E-state index contributed by atoms with van der Waals surface area (Å²) < 4.78 is 28.4. The van der Waals surface area contributed by atoms with Gasteiger partial charge in [-0.1, -0.05) is 6.07 Å². The van der Waals surface area contributed by atoms with Crippen LogP contribution in [0.3, 0.4) is 0 Å². The Bertz CT molecular complexity index is 875. The summed E-state index contributed by atoms with van der Waals surface area (Å²) in [5.74, 6) is -2.30. The van der Waals surface area contributed by atoms with E-state index in [0.717, 1.165) is 11.6 Å². The molecule has 2 rings (SSSR count). The van der Waals surface area contributed by atoms with Gasteiger partial charge in [-0.3, -0.25) is 0 Å². The van der Waals surface area contributed by atoms with Crippen molar-refractivity contribution in [2.24, 2.45) is 0 Å². The van der Waals surface area contributed by atoms with Gasteiger partial charge >= 0.3 is 94.1 Å². The van der Waals surface area contributed by atoms with Crippen molar-refractivity contribution in [1.82, 2.24) is 0 Å². The molecule has 140 valence electrons. The largest absolute Gasteiger partial charge is 0.507 e. The SMILES string of the molecule is CC(=O)Nc1cccc([As](=O)(O)O)c1O.Cc1ccc(C(=O)O)c(O)c1. The van der Waals surface area contributed by atoms with Gasteiger partial charge in [0.25, 0.3) is 0 Å². The molecule has 0 spiro atoms. The number of hydrogen-bond donors (Lipinski definition) is 6. The average molecular weight is 427 g/mol. The summed E-state index contributed by atoms with van der Waals surface area (Å²) in [5, 5.41) is 29.3. The first kappa shape index (κ1) is 21.3. The van der Waals surface area contributed by atoms with E-state index in [1.165, 1.54) is 31.2 Å². The van der Waals surface area contributed by atoms with E-state index in [2.05, 4.69) is 5.32 Å². The van der Waals surface area contributed by atoms with Crippen LogP contribution in [0.15, 0.2) is 36.4 Å². The fourth-order valence-corrected chi connectivity index (χ4v) is 3.30. The van der Waals surface area contributed by atoms with Crippen LogP contribution in [0.1, 0.15) is 22.8 Å². The van der Waals surface area contributed by atoms with E-state index in [-0.39, 0.29) is 17.0 Å². The molecule has 1 amide bonds. The molecule has 0 atom stereocenters. The Hall–Kier alpha value is -2.74. The van der Waals surface area contributed by atoms with Crippen LogP contribution in [0, 0.1) is 6.92 Å². The van der Waals surface area contributed by atoms with Crippen molar-refractivity contribution in [3.8, 4) is 11.5 Å². The molecule has 2 aromatic rings. The number of aromatic hydroxyl groups is 2. The fraction of sp³-hybridized carbons (Fsp3) is 0.125. The van der Waals surface area contributed by atoms with Crippen LogP contribution in [0.5, 0.6) is 11.5 Å². The van der Waals surface area contributed by atoms with Gasteiger partial charge in [-0.25, -0.2) is 4.79 Å². The van der Waals surface area contributed by atoms with Gasteiger partial charge in [-0.15, -0.1) is 0 Å². The number of aryl methyl sites for hydroxylation is 1. The summed E-state index contributed by atoms with van der Waals surface area (Å²) in [6, 6.07) is 8.27. The summed E-state index contributed by atoms with van der Waals surface area (Å²) in [6.45, 7) is 3.01. The number of carboxylic acids is 1. The maximum absolute atomic E-state index is 11.0. The second-order valence-electron chi connectivity index (χ2n) is 5.22. The second kappa shape index (κ2) is 8.57. The third-order valence-corrected chi connectivity index (χ3v) is 5.10. The number of carbonyl (C=O) groups is 2. The third-order valence-electron chi connectivity index (χ3n) is 3.02. The van der Waals surface area contributed by atoms with E-state index in [4.69, 9.17) is 18.4 Å². The number of amides is 1. The van der Waals surface area contributed by atoms with Gasteiger partial charge in [0, 0.05) is 0 Å². The van der Waals surface area contributed by atoms with Crippen molar-refractivity contribution in [3.63, 3.8) is 0 Å². The predicted octanol–water partition coefficient (Wildman–Crippen LogP) is 0.310. The first-order valence-electron chi connectivity index (χ1n) is 7.12. The van der Waals surface area contributed by atoms with Crippen molar-refractivity contribution in [2.75, 3.05) is 5.32 Å². The minimum absolute atomic E-state index is 0.00951. The van der Waals surface area contributed by atoms with Gasteiger partial charge < -0.3 is 10.2 Å². The quantitative estimate of drug-likeness (QED) is 0.301. The van der Waals surface area contributed by atoms with Crippen LogP contribution in [-0.4, -0.2) is 49.6 Å². The predicted molar refractivity (Wildman–Crippen MR) is 92.7 cm³/mol. The zero-order valence-corrected chi connectivity index (χ0v) is 15.7. The van der Waals surface area contributed by atoms with Gasteiger partial charge in [0.2, 0.25) is 0 Å². The summed E-state index contributed by atoms with van der Waals surface area (Å²) in [5.41, 5.74) is 0.771. The Kier molecular flexibility index (Phi) is 7.02. The molecule has 0 unspecified atom stereocenters. The van der Waals surface area contributed by atoms with Crippen LogP contribution in [0.2, 0.25) is 0 Å². The van der Waals surface area contributed by atoms with Crippen molar-refractivity contribution in [1.29, 1.82) is 0 Å². The Balaban J connectivity index is 0.000000273. The Labute approximate surface area is 151 Å². The van der Waals surface area contributed by atoms with Gasteiger partial charge in [-0.05, 0) is 24.6 Å². The number of anilines is 1. The maximum atomic E-state index is 11.0. The summed E-state index contributed by atoms with van der Waals surface area (Å²) in [6.07, 6.45) is 0. The van der Waals surface area contributed by atoms with Crippen LogP contribution in [0.25, 0.3) is 0 Å². The van der Waals surface area contributed by atoms with E-state index in [0.29, 0.717) is 0 Å². The Morgan fingerprint density at radius 3 is 2.15 bits per heavy atom. The van der Waals surface area contributed by atoms with E-state index < -0.39 is 36.1 Å². The molecule has 0 aromatic heterocycles. The number of phenols is 2. The normalized spacial score (nSPS) is 10.5. The number of carboxylic acid groups (broad SMARTS) is 1. The van der Waals surface area contributed by atoms with Crippen molar-refractivity contribution < 1.29 is 36.8 Å². The minimum Gasteiger partial charge on any atom is -0.507 e. The van der Waals surface area contributed by atoms with Gasteiger partial charge in [0.1, 0.15) is 11.3 Å². The first-order chi connectivity index (χ1) is 11.9. The Morgan fingerprint density at radius 2 is 1.69 bits per heavy atom. The van der Waals surface area contributed by atoms with E-state index >= 15 is 0 Å². The zero-order chi connectivity index (χ0) is 20.1. The molecule has 2 aromatic carbocycles. The average Bonchev–Trinajstić information content (AvgIpc) is 2.48. The second-order valence-corrected chi connectivity index (χ2v) is 8.52. The number of phenolic OH excluding ortho intramolecular Hbond substituents is 1. The van der Waals surface area contributed by atoms with Gasteiger partial charge in [0.15, 0.2) is 0 Å². The van der Waals surface area contributed by atoms with Crippen molar-refractivity contribution >= 4 is 36.1 Å². The minimum atomic E-state index is -5.15. The molecular weight excluding hydrogens is 409 g/mol. The zero-order valence-electron chi connectivity index (χ0n) is 13.9. The van der Waals surface area contributed by atoms with Crippen LogP contribution in [0.4, 0.5) is 5.69 Å². The number of para-hydroxylation sites is 1. The molecule has 0 aliphatic rings. The molecule has 10 heteroatoms. The number of benzene rings is 2. The fourth-order valence-electron chi connectivity index (χ4n) is 1.88. The molecule has 6 N–H and O–H groups in total. The number of aromatic carboxylic acids is 1. The molecule has 0 heterocycles. The Morgan fingerprint density at radius 1 is 1.08 bits per heavy atom. The van der Waals surface area contributed by atoms with Gasteiger partial charge in [0.05, 0.1) is 0 Å². The van der Waals surface area contributed by atoms with Crippen molar-refractivity contribution in [2.45, 2.75) is 13.8 Å². The standard InChI is InChI=1S/C8H10AsNO5.C8H8O3/c1-5(11)10-7-4-2-3-6(8(7)12)9(13,14)15;1-5-2-3-6(8(10)11)7(9)4-5/h2-4,12H,1H3,(H,10,11)(H2,13,14,15);2-4,9H,1H3,(H,10,11). The molecular formula is C16H18AsNO8. The third kappa shape index (κ3) is 5.96.